The van der Waals surface area contributed by atoms with Crippen molar-refractivity contribution in [3.63, 3.8) is 0 Å². The van der Waals surface area contributed by atoms with E-state index in [-0.39, 0.29) is 47.4 Å². The molecule has 3 heterocycles. The molecule has 1 N–H and O–H groups in total. The third kappa shape index (κ3) is 6.38. The Balaban J connectivity index is 1.21. The van der Waals surface area contributed by atoms with Gasteiger partial charge in [-0.25, -0.2) is 0 Å². The fourth-order valence-electron chi connectivity index (χ4n) is 5.56. The average Bonchev–Trinajstić information content (AvgIpc) is 3.39. The third-order valence-corrected chi connectivity index (χ3v) is 7.66. The van der Waals surface area contributed by atoms with E-state index >= 15 is 0 Å². The van der Waals surface area contributed by atoms with E-state index in [1.807, 2.05) is 18.2 Å². The van der Waals surface area contributed by atoms with E-state index in [1.54, 1.807) is 18.3 Å². The molecule has 1 aliphatic heterocycles. The summed E-state index contributed by atoms with van der Waals surface area (Å²) in [6, 6.07) is 11.3. The molecule has 218 valence electrons. The van der Waals surface area contributed by atoms with Crippen LogP contribution in [0.15, 0.2) is 48.7 Å². The second-order valence-electron chi connectivity index (χ2n) is 10.3. The molecule has 1 fully saturated rings. The van der Waals surface area contributed by atoms with Gasteiger partial charge in [-0.2, -0.15) is 31.4 Å². The number of aryl methyl sites for hydroxylation is 1. The number of halogens is 6. The maximum atomic E-state index is 13.3. The summed E-state index contributed by atoms with van der Waals surface area (Å²) < 4.78 is 78.8. The Morgan fingerprint density at radius 2 is 1.68 bits per heavy atom. The van der Waals surface area contributed by atoms with Gasteiger partial charge in [0.25, 0.3) is 5.91 Å². The lowest BCUT2D eigenvalue weighted by Crippen LogP contribution is -2.40. The van der Waals surface area contributed by atoms with Gasteiger partial charge in [-0.05, 0) is 66.8 Å². The molecule has 0 radical (unpaired) electrons. The lowest BCUT2D eigenvalue weighted by molar-refractivity contribution is -0.146. The number of likely N-dealkylation sites (tertiary alicyclic amines) is 1. The topological polar surface area (TPSA) is 80.1 Å². The van der Waals surface area contributed by atoms with Gasteiger partial charge < -0.3 is 10.2 Å². The lowest BCUT2D eigenvalue weighted by Gasteiger charge is -2.32. The Morgan fingerprint density at radius 3 is 2.39 bits per heavy atom. The first kappa shape index (κ1) is 28.6. The predicted octanol–water partition coefficient (Wildman–Crippen LogP) is 5.53. The molecule has 1 atom stereocenters. The van der Waals surface area contributed by atoms with E-state index in [1.165, 1.54) is 10.5 Å². The van der Waals surface area contributed by atoms with Crippen LogP contribution in [0.3, 0.4) is 0 Å². The second-order valence-corrected chi connectivity index (χ2v) is 10.3. The smallest absolute Gasteiger partial charge is 0.344 e. The molecule has 13 heteroatoms. The Kier molecular flexibility index (Phi) is 7.80. The number of pyridine rings is 1. The van der Waals surface area contributed by atoms with E-state index in [2.05, 4.69) is 21.5 Å². The lowest BCUT2D eigenvalue weighted by atomic mass is 9.87. The Labute approximate surface area is 231 Å². The van der Waals surface area contributed by atoms with Gasteiger partial charge in [0.2, 0.25) is 5.91 Å². The van der Waals surface area contributed by atoms with Crippen LogP contribution in [0.2, 0.25) is 0 Å². The molecular weight excluding hydrogens is 552 g/mol. The summed E-state index contributed by atoms with van der Waals surface area (Å²) >= 11 is 0. The van der Waals surface area contributed by atoms with Gasteiger partial charge in [0.15, 0.2) is 5.69 Å². The minimum absolute atomic E-state index is 0.0312. The summed E-state index contributed by atoms with van der Waals surface area (Å²) in [5.41, 5.74) is 0.0989. The molecular formula is C28H27F6N5O2. The fourth-order valence-corrected chi connectivity index (χ4v) is 5.56. The summed E-state index contributed by atoms with van der Waals surface area (Å²) in [6.45, 7) is -0.568. The Hall–Kier alpha value is -3.90. The van der Waals surface area contributed by atoms with Crippen LogP contribution in [-0.2, 0) is 30.1 Å². The van der Waals surface area contributed by atoms with Crippen molar-refractivity contribution in [2.24, 2.45) is 0 Å². The zero-order chi connectivity index (χ0) is 29.4. The first-order valence-electron chi connectivity index (χ1n) is 13.2. The monoisotopic (exact) mass is 579 g/mol. The standard InChI is InChI=1S/C28H27F6N5O2/c29-27(30,31)23-15-24(28(32,33)34)39(37-23)16-25(40)38-12-9-17(10-13-38)19-8-11-35-22(14-19)26(41)36-21-7-3-5-18-4-1-2-6-20(18)21/h1-2,4,6,8,11,14-15,17,21H,3,5,7,9-10,12-13,16H2,(H,36,41)/t21-/m1/s1. The van der Waals surface area contributed by atoms with Crippen molar-refractivity contribution < 1.29 is 35.9 Å². The number of alkyl halides is 6. The molecule has 2 aliphatic rings. The summed E-state index contributed by atoms with van der Waals surface area (Å²) in [5.74, 6) is -1.08. The van der Waals surface area contributed by atoms with Crippen LogP contribution < -0.4 is 5.32 Å². The van der Waals surface area contributed by atoms with Crippen molar-refractivity contribution in [1.82, 2.24) is 25.0 Å². The van der Waals surface area contributed by atoms with Crippen LogP contribution in [0.25, 0.3) is 0 Å². The second kappa shape index (κ2) is 11.2. The molecule has 1 aliphatic carbocycles. The van der Waals surface area contributed by atoms with Crippen LogP contribution in [0.5, 0.6) is 0 Å². The van der Waals surface area contributed by atoms with Crippen molar-refractivity contribution in [2.45, 2.75) is 63.0 Å². The van der Waals surface area contributed by atoms with E-state index in [0.29, 0.717) is 12.8 Å². The SMILES string of the molecule is O=C(N[C@@H]1CCCc2ccccc21)c1cc(C2CCN(C(=O)Cn3nc(C(F)(F)F)cc3C(F)(F)F)CC2)ccn1. The Bertz CT molecular complexity index is 1430. The van der Waals surface area contributed by atoms with Crippen molar-refractivity contribution >= 4 is 11.8 Å². The van der Waals surface area contributed by atoms with Gasteiger partial charge in [0.1, 0.15) is 17.9 Å². The van der Waals surface area contributed by atoms with E-state index in [9.17, 15) is 35.9 Å². The first-order valence-corrected chi connectivity index (χ1v) is 13.2. The number of benzene rings is 1. The minimum Gasteiger partial charge on any atom is -0.344 e. The number of nitrogens with zero attached hydrogens (tertiary/aromatic N) is 4. The molecule has 3 aromatic rings. The first-order chi connectivity index (χ1) is 19.4. The number of carbonyl (C=O) groups is 2. The molecule has 0 unspecified atom stereocenters. The number of hydrogen-bond donors (Lipinski definition) is 1. The van der Waals surface area contributed by atoms with Gasteiger partial charge in [0.05, 0.1) is 6.04 Å². The molecule has 0 spiro atoms. The van der Waals surface area contributed by atoms with E-state index in [4.69, 9.17) is 0 Å². The molecule has 2 amide bonds. The van der Waals surface area contributed by atoms with Crippen LogP contribution in [0.4, 0.5) is 26.3 Å². The quantitative estimate of drug-likeness (QED) is 0.404. The minimum atomic E-state index is -5.10. The zero-order valence-electron chi connectivity index (χ0n) is 21.8. The Morgan fingerprint density at radius 1 is 0.951 bits per heavy atom. The highest BCUT2D eigenvalue weighted by Gasteiger charge is 2.42. The van der Waals surface area contributed by atoms with Crippen molar-refractivity contribution in [3.05, 3.63) is 82.4 Å². The fraction of sp³-hybridized carbons (Fsp3) is 0.429. The summed E-state index contributed by atoms with van der Waals surface area (Å²) in [7, 11) is 0. The van der Waals surface area contributed by atoms with Crippen LogP contribution in [0, 0.1) is 0 Å². The number of nitrogens with one attached hydrogen (secondary N) is 1. The van der Waals surface area contributed by atoms with Gasteiger partial charge in [-0.1, -0.05) is 24.3 Å². The molecule has 0 bridgehead atoms. The summed E-state index contributed by atoms with van der Waals surface area (Å²) in [6.07, 6.45) is -4.94. The summed E-state index contributed by atoms with van der Waals surface area (Å²) in [4.78, 5) is 31.3. The van der Waals surface area contributed by atoms with E-state index in [0.717, 1.165) is 30.4 Å². The number of aromatic nitrogens is 3. The number of hydrogen-bond acceptors (Lipinski definition) is 4. The molecule has 0 saturated carbocycles. The highest BCUT2D eigenvalue weighted by molar-refractivity contribution is 5.92. The highest BCUT2D eigenvalue weighted by atomic mass is 19.4. The van der Waals surface area contributed by atoms with Gasteiger partial charge in [-0.3, -0.25) is 19.3 Å². The number of rotatable bonds is 5. The van der Waals surface area contributed by atoms with Crippen LogP contribution in [-0.4, -0.2) is 44.6 Å². The molecule has 41 heavy (non-hydrogen) atoms. The highest BCUT2D eigenvalue weighted by Crippen LogP contribution is 2.36. The normalized spacial score (nSPS) is 18.2. The van der Waals surface area contributed by atoms with Crippen LogP contribution >= 0.6 is 0 Å². The van der Waals surface area contributed by atoms with Gasteiger partial charge in [-0.15, -0.1) is 0 Å². The number of amides is 2. The van der Waals surface area contributed by atoms with Crippen molar-refractivity contribution in [2.75, 3.05) is 13.1 Å². The van der Waals surface area contributed by atoms with E-state index < -0.39 is 36.2 Å². The average molecular weight is 580 g/mol. The molecule has 1 aromatic carbocycles. The molecule has 5 rings (SSSR count). The molecule has 7 nitrogen and oxygen atoms in total. The summed E-state index contributed by atoms with van der Waals surface area (Å²) in [5, 5.41) is 6.08. The maximum absolute atomic E-state index is 13.3. The molecule has 1 saturated heterocycles. The zero-order valence-corrected chi connectivity index (χ0v) is 21.8. The number of piperidine rings is 1. The van der Waals surface area contributed by atoms with Crippen molar-refractivity contribution in [3.8, 4) is 0 Å². The van der Waals surface area contributed by atoms with Gasteiger partial charge >= 0.3 is 12.4 Å². The number of fused-ring (bicyclic) bond motifs is 1. The number of carbonyl (C=O) groups excluding carboxylic acids is 2. The van der Waals surface area contributed by atoms with Gasteiger partial charge in [0, 0.05) is 25.4 Å². The largest absolute Gasteiger partial charge is 0.435 e. The maximum Gasteiger partial charge on any atom is 0.435 e. The van der Waals surface area contributed by atoms with Crippen molar-refractivity contribution in [1.29, 1.82) is 0 Å². The van der Waals surface area contributed by atoms with Crippen LogP contribution in [0.1, 0.15) is 76.2 Å². The predicted molar refractivity (Wildman–Crippen MR) is 135 cm³/mol. The third-order valence-electron chi connectivity index (χ3n) is 7.66. The molecule has 2 aromatic heterocycles.